The highest BCUT2D eigenvalue weighted by Crippen LogP contribution is 2.28. The van der Waals surface area contributed by atoms with Gasteiger partial charge in [0.15, 0.2) is 0 Å². The zero-order chi connectivity index (χ0) is 15.3. The van der Waals surface area contributed by atoms with Crippen molar-refractivity contribution in [3.05, 3.63) is 28.8 Å². The van der Waals surface area contributed by atoms with E-state index in [1.165, 1.54) is 37.8 Å². The van der Waals surface area contributed by atoms with Crippen LogP contribution in [0.15, 0.2) is 23.1 Å². The Balaban J connectivity index is 1.91. The fraction of sp³-hybridized carbons (Fsp3) is 0.600. The predicted molar refractivity (Wildman–Crippen MR) is 83.8 cm³/mol. The van der Waals surface area contributed by atoms with Gasteiger partial charge in [-0.3, -0.25) is 0 Å². The van der Waals surface area contributed by atoms with E-state index in [0.717, 1.165) is 18.8 Å². The Labute approximate surface area is 131 Å². The summed E-state index contributed by atoms with van der Waals surface area (Å²) in [5.74, 6) is 0.760. The minimum absolute atomic E-state index is 0.0385. The van der Waals surface area contributed by atoms with Gasteiger partial charge in [-0.05, 0) is 36.5 Å². The second-order valence-electron chi connectivity index (χ2n) is 5.61. The molecule has 6 heteroatoms. The zero-order valence-corrected chi connectivity index (χ0v) is 13.6. The molecule has 0 atom stereocenters. The summed E-state index contributed by atoms with van der Waals surface area (Å²) in [6.07, 6.45) is 7.09. The van der Waals surface area contributed by atoms with Crippen molar-refractivity contribution in [1.29, 1.82) is 0 Å². The topological polar surface area (TPSA) is 66.4 Å². The first-order valence-electron chi connectivity index (χ1n) is 7.42. The summed E-state index contributed by atoms with van der Waals surface area (Å²) in [6.45, 7) is 0.222. The van der Waals surface area contributed by atoms with Crippen molar-refractivity contribution in [2.75, 3.05) is 6.54 Å². The molecule has 1 aromatic carbocycles. The number of rotatable bonds is 7. The maximum atomic E-state index is 12.2. The molecule has 21 heavy (non-hydrogen) atoms. The van der Waals surface area contributed by atoms with E-state index in [2.05, 4.69) is 4.72 Å². The van der Waals surface area contributed by atoms with Crippen molar-refractivity contribution in [1.82, 2.24) is 4.72 Å². The average molecular weight is 332 g/mol. The minimum atomic E-state index is -3.61. The SMILES string of the molecule is O=S(=O)(NCCCC1CCCC1)c1cc(CO)ccc1Cl. The molecular formula is C15H22ClNO3S. The fourth-order valence-corrected chi connectivity index (χ4v) is 4.45. The highest BCUT2D eigenvalue weighted by atomic mass is 35.5. The van der Waals surface area contributed by atoms with Crippen molar-refractivity contribution in [3.8, 4) is 0 Å². The van der Waals surface area contributed by atoms with Gasteiger partial charge in [-0.15, -0.1) is 0 Å². The molecule has 2 N–H and O–H groups in total. The molecule has 1 aliphatic carbocycles. The van der Waals surface area contributed by atoms with Crippen molar-refractivity contribution in [3.63, 3.8) is 0 Å². The van der Waals surface area contributed by atoms with Gasteiger partial charge in [-0.2, -0.15) is 0 Å². The fourth-order valence-electron chi connectivity index (χ4n) is 2.83. The lowest BCUT2D eigenvalue weighted by atomic mass is 10.0. The highest BCUT2D eigenvalue weighted by Gasteiger charge is 2.19. The molecular weight excluding hydrogens is 310 g/mol. The van der Waals surface area contributed by atoms with Crippen molar-refractivity contribution < 1.29 is 13.5 Å². The highest BCUT2D eigenvalue weighted by molar-refractivity contribution is 7.89. The predicted octanol–water partition coefficient (Wildman–Crippen LogP) is 3.08. The van der Waals surface area contributed by atoms with Crippen LogP contribution in [0.2, 0.25) is 5.02 Å². The molecule has 0 unspecified atom stereocenters. The normalized spacial score (nSPS) is 16.5. The molecule has 0 amide bonds. The number of hydrogen-bond donors (Lipinski definition) is 2. The summed E-state index contributed by atoms with van der Waals surface area (Å²) < 4.78 is 27.1. The Morgan fingerprint density at radius 1 is 1.29 bits per heavy atom. The molecule has 0 radical (unpaired) electrons. The third kappa shape index (κ3) is 4.68. The van der Waals surface area contributed by atoms with Crippen LogP contribution in [0.4, 0.5) is 0 Å². The Morgan fingerprint density at radius 3 is 2.67 bits per heavy atom. The number of halogens is 1. The third-order valence-electron chi connectivity index (χ3n) is 4.02. The van der Waals surface area contributed by atoms with E-state index in [4.69, 9.17) is 16.7 Å². The summed E-state index contributed by atoms with van der Waals surface area (Å²) in [7, 11) is -3.61. The molecule has 0 spiro atoms. The minimum Gasteiger partial charge on any atom is -0.392 e. The molecule has 1 aliphatic rings. The van der Waals surface area contributed by atoms with Gasteiger partial charge in [0.05, 0.1) is 11.6 Å². The van der Waals surface area contributed by atoms with Crippen LogP contribution in [-0.2, 0) is 16.6 Å². The largest absolute Gasteiger partial charge is 0.392 e. The van der Waals surface area contributed by atoms with Gasteiger partial charge < -0.3 is 5.11 Å². The Hall–Kier alpha value is -0.620. The Kier molecular flexibility index (Phi) is 6.05. The number of aliphatic hydroxyl groups is 1. The van der Waals surface area contributed by atoms with Crippen LogP contribution >= 0.6 is 11.6 Å². The van der Waals surface area contributed by atoms with Gasteiger partial charge in [-0.1, -0.05) is 43.4 Å². The summed E-state index contributed by atoms with van der Waals surface area (Å²) >= 11 is 5.95. The first kappa shape index (κ1) is 16.7. The van der Waals surface area contributed by atoms with E-state index in [0.29, 0.717) is 12.1 Å². The first-order chi connectivity index (χ1) is 10.0. The molecule has 4 nitrogen and oxygen atoms in total. The number of hydrogen-bond acceptors (Lipinski definition) is 3. The van der Waals surface area contributed by atoms with Crippen LogP contribution in [0, 0.1) is 5.92 Å². The van der Waals surface area contributed by atoms with Crippen LogP contribution < -0.4 is 4.72 Å². The molecule has 0 aliphatic heterocycles. The molecule has 0 bridgehead atoms. The molecule has 2 rings (SSSR count). The van der Waals surface area contributed by atoms with Gasteiger partial charge >= 0.3 is 0 Å². The number of sulfonamides is 1. The van der Waals surface area contributed by atoms with E-state index >= 15 is 0 Å². The monoisotopic (exact) mass is 331 g/mol. The smallest absolute Gasteiger partial charge is 0.242 e. The van der Waals surface area contributed by atoms with E-state index in [-0.39, 0.29) is 16.5 Å². The van der Waals surface area contributed by atoms with Gasteiger partial charge in [0.2, 0.25) is 10.0 Å². The zero-order valence-electron chi connectivity index (χ0n) is 12.0. The summed E-state index contributed by atoms with van der Waals surface area (Å²) in [4.78, 5) is 0.0385. The van der Waals surface area contributed by atoms with Crippen LogP contribution in [0.25, 0.3) is 0 Å². The molecule has 118 valence electrons. The van der Waals surface area contributed by atoms with Crippen LogP contribution in [-0.4, -0.2) is 20.1 Å². The average Bonchev–Trinajstić information content (AvgIpc) is 2.97. The van der Waals surface area contributed by atoms with E-state index < -0.39 is 10.0 Å². The Bertz CT molecular complexity index is 568. The third-order valence-corrected chi connectivity index (χ3v) is 5.97. The molecule has 1 saturated carbocycles. The lowest BCUT2D eigenvalue weighted by Crippen LogP contribution is -2.25. The van der Waals surface area contributed by atoms with Gasteiger partial charge in [0.1, 0.15) is 4.90 Å². The van der Waals surface area contributed by atoms with Crippen molar-refractivity contribution in [2.24, 2.45) is 5.92 Å². The maximum absolute atomic E-state index is 12.2. The van der Waals surface area contributed by atoms with E-state index in [1.54, 1.807) is 6.07 Å². The quantitative estimate of drug-likeness (QED) is 0.754. The molecule has 0 aromatic heterocycles. The van der Waals surface area contributed by atoms with Crippen molar-refractivity contribution in [2.45, 2.75) is 50.0 Å². The summed E-state index contributed by atoms with van der Waals surface area (Å²) in [5.41, 5.74) is 0.533. The number of nitrogens with one attached hydrogen (secondary N) is 1. The maximum Gasteiger partial charge on any atom is 0.242 e. The number of aliphatic hydroxyl groups excluding tert-OH is 1. The first-order valence-corrected chi connectivity index (χ1v) is 9.28. The van der Waals surface area contributed by atoms with E-state index in [9.17, 15) is 8.42 Å². The standard InChI is InChI=1S/C15H22ClNO3S/c16-14-8-7-13(11-18)10-15(14)21(19,20)17-9-3-6-12-4-1-2-5-12/h7-8,10,12,17-18H,1-6,9,11H2. The second kappa shape index (κ2) is 7.58. The van der Waals surface area contributed by atoms with Gasteiger partial charge in [-0.25, -0.2) is 13.1 Å². The lowest BCUT2D eigenvalue weighted by molar-refractivity contribution is 0.281. The van der Waals surface area contributed by atoms with E-state index in [1.807, 2.05) is 0 Å². The number of benzene rings is 1. The van der Waals surface area contributed by atoms with Crippen molar-refractivity contribution >= 4 is 21.6 Å². The lowest BCUT2D eigenvalue weighted by Gasteiger charge is -2.11. The molecule has 1 fully saturated rings. The summed E-state index contributed by atoms with van der Waals surface area (Å²) in [6, 6.07) is 4.53. The van der Waals surface area contributed by atoms with Crippen LogP contribution in [0.1, 0.15) is 44.1 Å². The Morgan fingerprint density at radius 2 is 2.00 bits per heavy atom. The molecule has 1 aromatic rings. The summed E-state index contributed by atoms with van der Waals surface area (Å²) in [5, 5.41) is 9.27. The van der Waals surface area contributed by atoms with Crippen LogP contribution in [0.5, 0.6) is 0 Å². The van der Waals surface area contributed by atoms with Gasteiger partial charge in [0.25, 0.3) is 0 Å². The van der Waals surface area contributed by atoms with Crippen LogP contribution in [0.3, 0.4) is 0 Å². The molecule has 0 heterocycles. The van der Waals surface area contributed by atoms with Gasteiger partial charge in [0, 0.05) is 6.54 Å². The molecule has 0 saturated heterocycles. The second-order valence-corrected chi connectivity index (χ2v) is 7.76.